The summed E-state index contributed by atoms with van der Waals surface area (Å²) in [5, 5.41) is 4.32. The Bertz CT molecular complexity index is 1820. The highest BCUT2D eigenvalue weighted by Gasteiger charge is 2.22. The number of aryl methyl sites for hydroxylation is 1. The number of ether oxygens (including phenoxy) is 1. The summed E-state index contributed by atoms with van der Waals surface area (Å²) in [6, 6.07) is 16.5. The van der Waals surface area contributed by atoms with Gasteiger partial charge in [-0.05, 0) is 55.3 Å². The number of hydrogen-bond acceptors (Lipinski definition) is 7. The van der Waals surface area contributed by atoms with Crippen molar-refractivity contribution in [3.63, 3.8) is 0 Å². The highest BCUT2D eigenvalue weighted by molar-refractivity contribution is 7.99. The number of thioether (sulfide) groups is 1. The Labute approximate surface area is 240 Å². The number of aromatic nitrogens is 3. The molecule has 1 aliphatic carbocycles. The van der Waals surface area contributed by atoms with Crippen LogP contribution < -0.4 is 15.6 Å². The van der Waals surface area contributed by atoms with Crippen LogP contribution in [0.1, 0.15) is 39.0 Å². The minimum Gasteiger partial charge on any atom is -0.464 e. The average Bonchev–Trinajstić information content (AvgIpc) is 3.59. The van der Waals surface area contributed by atoms with Crippen molar-refractivity contribution in [2.24, 2.45) is 7.05 Å². The third-order valence-corrected chi connectivity index (χ3v) is 8.36. The predicted octanol–water partition coefficient (Wildman–Crippen LogP) is 5.60. The second-order valence-corrected chi connectivity index (χ2v) is 11.2. The number of nitrogens with zero attached hydrogens (tertiary/aromatic N) is 3. The normalized spacial score (nSPS) is 14.0. The molecule has 1 aliphatic rings. The molecule has 0 radical (unpaired) electrons. The summed E-state index contributed by atoms with van der Waals surface area (Å²) < 4.78 is 14.2. The first-order chi connectivity index (χ1) is 19.9. The van der Waals surface area contributed by atoms with E-state index in [2.05, 4.69) is 5.32 Å². The zero-order chi connectivity index (χ0) is 28.5. The summed E-state index contributed by atoms with van der Waals surface area (Å²) in [7, 11) is 1.84. The Hall–Kier alpha value is -4.31. The topological polar surface area (TPSA) is 108 Å². The number of furan rings is 1. The molecule has 0 saturated heterocycles. The second kappa shape index (κ2) is 11.3. The predicted molar refractivity (Wildman–Crippen MR) is 159 cm³/mol. The summed E-state index contributed by atoms with van der Waals surface area (Å²) in [4.78, 5) is 43.7. The molecule has 0 unspecified atom stereocenters. The third-order valence-electron chi connectivity index (χ3n) is 7.42. The van der Waals surface area contributed by atoms with Gasteiger partial charge >= 0.3 is 5.97 Å². The van der Waals surface area contributed by atoms with Gasteiger partial charge in [0.2, 0.25) is 5.91 Å². The zero-order valence-electron chi connectivity index (χ0n) is 22.9. The number of rotatable bonds is 7. The lowest BCUT2D eigenvalue weighted by molar-refractivity contribution is -0.131. The molecule has 0 atom stereocenters. The maximum absolute atomic E-state index is 14.2. The van der Waals surface area contributed by atoms with Crippen LogP contribution in [0.4, 0.5) is 0 Å². The first kappa shape index (κ1) is 26.9. The summed E-state index contributed by atoms with van der Waals surface area (Å²) in [5.74, 6) is 0.592. The van der Waals surface area contributed by atoms with Crippen LogP contribution in [0.2, 0.25) is 0 Å². The van der Waals surface area contributed by atoms with Crippen molar-refractivity contribution < 1.29 is 18.7 Å². The molecule has 3 aromatic heterocycles. The summed E-state index contributed by atoms with van der Waals surface area (Å²) in [6.45, 7) is 1.32. The van der Waals surface area contributed by atoms with E-state index in [-0.39, 0.29) is 23.3 Å². The monoisotopic (exact) mass is 570 g/mol. The molecule has 1 N–H and O–H groups in total. The van der Waals surface area contributed by atoms with Crippen molar-refractivity contribution in [3.05, 3.63) is 71.2 Å². The molecule has 5 aromatic rings. The maximum Gasteiger partial charge on any atom is 0.308 e. The molecule has 41 heavy (non-hydrogen) atoms. The second-order valence-electron chi connectivity index (χ2n) is 10.3. The van der Waals surface area contributed by atoms with Gasteiger partial charge < -0.3 is 19.0 Å². The lowest BCUT2D eigenvalue weighted by atomic mass is 9.95. The number of carbonyl (C=O) groups is 2. The van der Waals surface area contributed by atoms with E-state index in [0.29, 0.717) is 33.4 Å². The number of hydrogen-bond donors (Lipinski definition) is 1. The Morgan fingerprint density at radius 3 is 2.68 bits per heavy atom. The van der Waals surface area contributed by atoms with Gasteiger partial charge in [0.25, 0.3) is 5.56 Å². The van der Waals surface area contributed by atoms with E-state index >= 15 is 0 Å². The van der Waals surface area contributed by atoms with Gasteiger partial charge in [-0.25, -0.2) is 4.98 Å². The van der Waals surface area contributed by atoms with Gasteiger partial charge in [-0.15, -0.1) is 0 Å². The van der Waals surface area contributed by atoms with Crippen molar-refractivity contribution in [3.8, 4) is 22.8 Å². The molecular weight excluding hydrogens is 540 g/mol. The van der Waals surface area contributed by atoms with Crippen molar-refractivity contribution in [1.82, 2.24) is 19.4 Å². The van der Waals surface area contributed by atoms with Gasteiger partial charge in [0.15, 0.2) is 5.16 Å². The van der Waals surface area contributed by atoms with E-state index in [1.807, 2.05) is 41.9 Å². The molecule has 9 nitrogen and oxygen atoms in total. The third kappa shape index (κ3) is 5.39. The SMILES string of the molecule is CC(=O)Oc1cccc(-n2c(SCC(=O)NC3CCCCC3)nc3c4cc(-c5ccco5)ccc4n(C)c3c2=O)c1. The molecule has 10 heteroatoms. The molecule has 1 saturated carbocycles. The van der Waals surface area contributed by atoms with E-state index in [0.717, 1.165) is 42.1 Å². The van der Waals surface area contributed by atoms with E-state index in [1.165, 1.54) is 29.7 Å². The average molecular weight is 571 g/mol. The number of amides is 1. The van der Waals surface area contributed by atoms with Gasteiger partial charge in [-0.2, -0.15) is 0 Å². The van der Waals surface area contributed by atoms with Crippen LogP contribution in [0.3, 0.4) is 0 Å². The van der Waals surface area contributed by atoms with Gasteiger partial charge in [-0.1, -0.05) is 37.1 Å². The van der Waals surface area contributed by atoms with Crippen molar-refractivity contribution in [2.45, 2.75) is 50.2 Å². The summed E-state index contributed by atoms with van der Waals surface area (Å²) in [6.07, 6.45) is 7.04. The molecule has 0 bridgehead atoms. The highest BCUT2D eigenvalue weighted by Crippen LogP contribution is 2.32. The standard InChI is InChI=1S/C31H30N4O5S/c1-19(36)40-23-11-6-10-22(17-23)35-30(38)29-28(33-31(35)41-18-27(37)32-21-8-4-3-5-9-21)24-16-20(26-12-7-15-39-26)13-14-25(24)34(29)2/h6-7,10-17,21H,3-5,8-9,18H2,1-2H3,(H,32,37). The molecule has 0 aliphatic heterocycles. The number of esters is 1. The smallest absolute Gasteiger partial charge is 0.308 e. The molecule has 3 heterocycles. The number of benzene rings is 2. The van der Waals surface area contributed by atoms with Crippen LogP contribution in [-0.2, 0) is 16.6 Å². The van der Waals surface area contributed by atoms with Crippen molar-refractivity contribution in [1.29, 1.82) is 0 Å². The van der Waals surface area contributed by atoms with Crippen LogP contribution in [-0.4, -0.2) is 37.8 Å². The minimum absolute atomic E-state index is 0.0884. The fraction of sp³-hybridized carbons (Fsp3) is 0.290. The molecule has 210 valence electrons. The van der Waals surface area contributed by atoms with Gasteiger partial charge in [0, 0.05) is 37.0 Å². The largest absolute Gasteiger partial charge is 0.464 e. The number of nitrogens with one attached hydrogen (secondary N) is 1. The molecular formula is C31H30N4O5S. The van der Waals surface area contributed by atoms with Crippen molar-refractivity contribution in [2.75, 3.05) is 5.75 Å². The van der Waals surface area contributed by atoms with Crippen LogP contribution in [0.15, 0.2) is 75.2 Å². The van der Waals surface area contributed by atoms with Crippen LogP contribution >= 0.6 is 11.8 Å². The Balaban J connectivity index is 1.47. The number of fused-ring (bicyclic) bond motifs is 3. The lowest BCUT2D eigenvalue weighted by Gasteiger charge is -2.22. The number of carbonyl (C=O) groups excluding carboxylic acids is 2. The first-order valence-electron chi connectivity index (χ1n) is 13.7. The summed E-state index contributed by atoms with van der Waals surface area (Å²) in [5.41, 5.74) is 2.88. The molecule has 6 rings (SSSR count). The Kier molecular flexibility index (Phi) is 7.40. The minimum atomic E-state index is -0.460. The zero-order valence-corrected chi connectivity index (χ0v) is 23.7. The van der Waals surface area contributed by atoms with E-state index < -0.39 is 5.97 Å². The van der Waals surface area contributed by atoms with E-state index in [1.54, 1.807) is 30.5 Å². The fourth-order valence-corrected chi connectivity index (χ4v) is 6.36. The Morgan fingerprint density at radius 2 is 1.93 bits per heavy atom. The van der Waals surface area contributed by atoms with E-state index in [4.69, 9.17) is 14.1 Å². The van der Waals surface area contributed by atoms with Gasteiger partial charge in [0.05, 0.1) is 23.2 Å². The molecule has 1 fully saturated rings. The highest BCUT2D eigenvalue weighted by atomic mass is 32.2. The van der Waals surface area contributed by atoms with Crippen LogP contribution in [0, 0.1) is 0 Å². The van der Waals surface area contributed by atoms with Crippen molar-refractivity contribution >= 4 is 45.6 Å². The molecule has 2 aromatic carbocycles. The first-order valence-corrected chi connectivity index (χ1v) is 14.7. The van der Waals surface area contributed by atoms with E-state index in [9.17, 15) is 14.4 Å². The van der Waals surface area contributed by atoms with Crippen LogP contribution in [0.5, 0.6) is 5.75 Å². The van der Waals surface area contributed by atoms with Gasteiger partial charge in [-0.3, -0.25) is 19.0 Å². The molecule has 0 spiro atoms. The molecule has 1 amide bonds. The van der Waals surface area contributed by atoms with Gasteiger partial charge in [0.1, 0.15) is 22.5 Å². The maximum atomic E-state index is 14.2. The van der Waals surface area contributed by atoms with Crippen LogP contribution in [0.25, 0.3) is 38.9 Å². The Morgan fingerprint density at radius 1 is 1.10 bits per heavy atom. The lowest BCUT2D eigenvalue weighted by Crippen LogP contribution is -2.37. The fourth-order valence-electron chi connectivity index (χ4n) is 5.54. The summed E-state index contributed by atoms with van der Waals surface area (Å²) >= 11 is 1.21. The quantitative estimate of drug-likeness (QED) is 0.117.